The van der Waals surface area contributed by atoms with Gasteiger partial charge in [-0.2, -0.15) is 5.26 Å². The number of non-ortho nitro benzene ring substituents is 1. The van der Waals surface area contributed by atoms with E-state index < -0.39 is 4.92 Å². The number of anilines is 1. The van der Waals surface area contributed by atoms with Gasteiger partial charge in [0, 0.05) is 23.3 Å². The first-order chi connectivity index (χ1) is 14.6. The molecule has 4 aromatic rings. The highest BCUT2D eigenvalue weighted by atomic mass is 16.6. The Hall–Kier alpha value is -4.50. The number of benzene rings is 3. The van der Waals surface area contributed by atoms with Crippen LogP contribution in [0, 0.1) is 21.4 Å². The zero-order valence-corrected chi connectivity index (χ0v) is 15.8. The van der Waals surface area contributed by atoms with Crippen LogP contribution in [0.2, 0.25) is 0 Å². The van der Waals surface area contributed by atoms with Gasteiger partial charge in [-0.1, -0.05) is 66.7 Å². The summed E-state index contributed by atoms with van der Waals surface area (Å²) in [5, 5.41) is 20.7. The summed E-state index contributed by atoms with van der Waals surface area (Å²) in [6, 6.07) is 27.8. The van der Waals surface area contributed by atoms with Crippen LogP contribution in [0.4, 0.5) is 11.5 Å². The Kier molecular flexibility index (Phi) is 4.93. The van der Waals surface area contributed by atoms with Gasteiger partial charge >= 0.3 is 0 Å². The van der Waals surface area contributed by atoms with E-state index in [9.17, 15) is 15.4 Å². The minimum Gasteiger partial charge on any atom is -0.383 e. The molecular formula is C24H16N4O2. The summed E-state index contributed by atoms with van der Waals surface area (Å²) < 4.78 is 0. The van der Waals surface area contributed by atoms with Gasteiger partial charge in [0.05, 0.1) is 10.6 Å². The Morgan fingerprint density at radius 3 is 2.13 bits per heavy atom. The topological polar surface area (TPSA) is 106 Å². The second-order valence-corrected chi connectivity index (χ2v) is 6.68. The summed E-state index contributed by atoms with van der Waals surface area (Å²) in [4.78, 5) is 15.1. The summed E-state index contributed by atoms with van der Waals surface area (Å²) >= 11 is 0. The summed E-state index contributed by atoms with van der Waals surface area (Å²) in [5.74, 6) is 0.0867. The van der Waals surface area contributed by atoms with Gasteiger partial charge in [0.15, 0.2) is 0 Å². The molecule has 30 heavy (non-hydrogen) atoms. The van der Waals surface area contributed by atoms with Crippen molar-refractivity contribution in [2.75, 3.05) is 5.73 Å². The molecule has 0 fully saturated rings. The van der Waals surface area contributed by atoms with E-state index in [1.165, 1.54) is 12.1 Å². The smallest absolute Gasteiger partial charge is 0.270 e. The van der Waals surface area contributed by atoms with Crippen molar-refractivity contribution in [3.8, 4) is 39.6 Å². The number of aromatic nitrogens is 1. The first-order valence-electron chi connectivity index (χ1n) is 9.18. The Balaban J connectivity index is 1.80. The Bertz CT molecular complexity index is 1280. The number of hydrogen-bond acceptors (Lipinski definition) is 5. The van der Waals surface area contributed by atoms with Crippen LogP contribution in [0.3, 0.4) is 0 Å². The lowest BCUT2D eigenvalue weighted by Gasteiger charge is -2.11. The maximum atomic E-state index is 11.1. The quantitative estimate of drug-likeness (QED) is 0.367. The fourth-order valence-corrected chi connectivity index (χ4v) is 3.31. The summed E-state index contributed by atoms with van der Waals surface area (Å²) in [6.45, 7) is 0. The largest absolute Gasteiger partial charge is 0.383 e. The summed E-state index contributed by atoms with van der Waals surface area (Å²) in [5.41, 5.74) is 10.8. The molecule has 1 heterocycles. The normalized spacial score (nSPS) is 10.4. The van der Waals surface area contributed by atoms with Gasteiger partial charge in [-0.15, -0.1) is 0 Å². The third-order valence-corrected chi connectivity index (χ3v) is 4.82. The lowest BCUT2D eigenvalue weighted by molar-refractivity contribution is -0.384. The average Bonchev–Trinajstić information content (AvgIpc) is 2.79. The molecule has 0 amide bonds. The molecular weight excluding hydrogens is 376 g/mol. The van der Waals surface area contributed by atoms with E-state index in [4.69, 9.17) is 5.73 Å². The summed E-state index contributed by atoms with van der Waals surface area (Å²) in [7, 11) is 0. The number of nitrogen functional groups attached to an aromatic ring is 1. The predicted molar refractivity (Wildman–Crippen MR) is 116 cm³/mol. The third kappa shape index (κ3) is 3.60. The number of nitriles is 1. The second-order valence-electron chi connectivity index (χ2n) is 6.68. The van der Waals surface area contributed by atoms with Gasteiger partial charge in [-0.25, -0.2) is 4.98 Å². The molecule has 144 valence electrons. The molecule has 6 heteroatoms. The molecule has 0 aliphatic carbocycles. The van der Waals surface area contributed by atoms with E-state index in [1.54, 1.807) is 18.2 Å². The highest BCUT2D eigenvalue weighted by molar-refractivity contribution is 5.81. The molecule has 0 saturated carbocycles. The van der Waals surface area contributed by atoms with E-state index >= 15 is 0 Å². The molecule has 4 rings (SSSR count). The van der Waals surface area contributed by atoms with E-state index in [1.807, 2.05) is 54.6 Å². The van der Waals surface area contributed by atoms with Crippen molar-refractivity contribution >= 4 is 11.5 Å². The number of pyridine rings is 1. The number of nitro benzene ring substituents is 1. The van der Waals surface area contributed by atoms with Gasteiger partial charge in [-0.05, 0) is 22.8 Å². The number of nitrogens with two attached hydrogens (primary N) is 1. The standard InChI is InChI=1S/C24H16N4O2/c25-15-22-21(19-7-4-8-20(13-19)28(29)30)14-23(27-24(22)26)18-11-9-17(10-12-18)16-5-2-1-3-6-16/h1-14H,(H2,26,27). The predicted octanol–water partition coefficient (Wildman–Crippen LogP) is 5.44. The van der Waals surface area contributed by atoms with Crippen molar-refractivity contribution in [2.24, 2.45) is 0 Å². The average molecular weight is 392 g/mol. The number of rotatable bonds is 4. The van der Waals surface area contributed by atoms with Crippen LogP contribution in [0.25, 0.3) is 33.5 Å². The van der Waals surface area contributed by atoms with E-state index in [-0.39, 0.29) is 17.1 Å². The van der Waals surface area contributed by atoms with Crippen LogP contribution in [0.5, 0.6) is 0 Å². The molecule has 0 bridgehead atoms. The van der Waals surface area contributed by atoms with Crippen molar-refractivity contribution in [3.63, 3.8) is 0 Å². The second kappa shape index (κ2) is 7.86. The molecule has 0 atom stereocenters. The van der Waals surface area contributed by atoms with Gasteiger partial charge in [-0.3, -0.25) is 10.1 Å². The molecule has 3 aromatic carbocycles. The molecule has 0 spiro atoms. The first-order valence-corrected chi connectivity index (χ1v) is 9.18. The Morgan fingerprint density at radius 2 is 1.47 bits per heavy atom. The Morgan fingerprint density at radius 1 is 0.833 bits per heavy atom. The van der Waals surface area contributed by atoms with Crippen LogP contribution in [0.1, 0.15) is 5.56 Å². The Labute approximate surface area is 173 Å². The summed E-state index contributed by atoms with van der Waals surface area (Å²) in [6.07, 6.45) is 0. The fourth-order valence-electron chi connectivity index (χ4n) is 3.31. The zero-order valence-electron chi connectivity index (χ0n) is 15.8. The van der Waals surface area contributed by atoms with Crippen molar-refractivity contribution in [1.29, 1.82) is 5.26 Å². The molecule has 0 unspecified atom stereocenters. The maximum absolute atomic E-state index is 11.1. The molecule has 1 aromatic heterocycles. The van der Waals surface area contributed by atoms with Crippen LogP contribution < -0.4 is 5.73 Å². The van der Waals surface area contributed by atoms with Crippen LogP contribution in [0.15, 0.2) is 84.9 Å². The van der Waals surface area contributed by atoms with Crippen LogP contribution in [-0.4, -0.2) is 9.91 Å². The third-order valence-electron chi connectivity index (χ3n) is 4.82. The maximum Gasteiger partial charge on any atom is 0.270 e. The van der Waals surface area contributed by atoms with Crippen molar-refractivity contribution < 1.29 is 4.92 Å². The lowest BCUT2D eigenvalue weighted by atomic mass is 9.97. The van der Waals surface area contributed by atoms with Gasteiger partial charge < -0.3 is 5.73 Å². The van der Waals surface area contributed by atoms with Crippen molar-refractivity contribution in [1.82, 2.24) is 4.98 Å². The molecule has 0 saturated heterocycles. The SMILES string of the molecule is N#Cc1c(-c2cccc([N+](=O)[O-])c2)cc(-c2ccc(-c3ccccc3)cc2)nc1N. The molecule has 0 aliphatic rings. The van der Waals surface area contributed by atoms with Gasteiger partial charge in [0.2, 0.25) is 0 Å². The van der Waals surface area contributed by atoms with E-state index in [2.05, 4.69) is 11.1 Å². The fraction of sp³-hybridized carbons (Fsp3) is 0. The van der Waals surface area contributed by atoms with Crippen molar-refractivity contribution in [2.45, 2.75) is 0 Å². The van der Waals surface area contributed by atoms with Gasteiger partial charge in [0.1, 0.15) is 17.5 Å². The number of nitro groups is 1. The monoisotopic (exact) mass is 392 g/mol. The minimum atomic E-state index is -0.469. The van der Waals surface area contributed by atoms with E-state index in [0.717, 1.165) is 16.7 Å². The molecule has 0 radical (unpaired) electrons. The number of nitrogens with zero attached hydrogens (tertiary/aromatic N) is 3. The molecule has 6 nitrogen and oxygen atoms in total. The van der Waals surface area contributed by atoms with Crippen LogP contribution >= 0.6 is 0 Å². The molecule has 2 N–H and O–H groups in total. The van der Waals surface area contributed by atoms with Crippen molar-refractivity contribution in [3.05, 3.63) is 101 Å². The minimum absolute atomic E-state index is 0.0551. The molecule has 0 aliphatic heterocycles. The zero-order chi connectivity index (χ0) is 21.1. The van der Waals surface area contributed by atoms with Gasteiger partial charge in [0.25, 0.3) is 5.69 Å². The highest BCUT2D eigenvalue weighted by Crippen LogP contribution is 2.33. The lowest BCUT2D eigenvalue weighted by Crippen LogP contribution is -2.00. The first kappa shape index (κ1) is 18.8. The highest BCUT2D eigenvalue weighted by Gasteiger charge is 2.16. The number of hydrogen-bond donors (Lipinski definition) is 1. The van der Waals surface area contributed by atoms with E-state index in [0.29, 0.717) is 16.8 Å². The van der Waals surface area contributed by atoms with Crippen LogP contribution in [-0.2, 0) is 0 Å².